The second-order valence-electron chi connectivity index (χ2n) is 9.41. The summed E-state index contributed by atoms with van der Waals surface area (Å²) in [6.07, 6.45) is -1.31. The summed E-state index contributed by atoms with van der Waals surface area (Å²) in [7, 11) is 0. The van der Waals surface area contributed by atoms with E-state index in [2.05, 4.69) is 10.6 Å². The summed E-state index contributed by atoms with van der Waals surface area (Å²) in [5.41, 5.74) is 0.447. The number of rotatable bonds is 7. The Morgan fingerprint density at radius 3 is 2.42 bits per heavy atom. The maximum Gasteiger partial charge on any atom is 0.408 e. The molecule has 5 atom stereocenters. The van der Waals surface area contributed by atoms with Gasteiger partial charge in [-0.15, -0.1) is 0 Å². The third kappa shape index (κ3) is 6.41. The Bertz CT molecular complexity index is 748. The van der Waals surface area contributed by atoms with Crippen LogP contribution in [0, 0.1) is 5.92 Å². The van der Waals surface area contributed by atoms with Crippen LogP contribution in [0.1, 0.15) is 40.2 Å². The summed E-state index contributed by atoms with van der Waals surface area (Å²) in [5, 5.41) is 5.65. The van der Waals surface area contributed by atoms with E-state index < -0.39 is 17.7 Å². The van der Waals surface area contributed by atoms with E-state index in [4.69, 9.17) is 18.9 Å². The molecular weight excluding hydrogens is 400 g/mol. The molecule has 2 saturated heterocycles. The Morgan fingerprint density at radius 1 is 1.10 bits per heavy atom. The molecule has 8 nitrogen and oxygen atoms in total. The molecule has 0 radical (unpaired) electrons. The van der Waals surface area contributed by atoms with Gasteiger partial charge in [0.05, 0.1) is 25.9 Å². The van der Waals surface area contributed by atoms with Crippen LogP contribution in [0.5, 0.6) is 0 Å². The highest BCUT2D eigenvalue weighted by Gasteiger charge is 2.49. The van der Waals surface area contributed by atoms with Crippen molar-refractivity contribution in [2.75, 3.05) is 13.2 Å². The number of benzene rings is 1. The lowest BCUT2D eigenvalue weighted by molar-refractivity contribution is -0.125. The zero-order valence-electron chi connectivity index (χ0n) is 18.9. The molecule has 172 valence electrons. The normalized spacial score (nSPS) is 26.4. The fraction of sp³-hybridized carbons (Fsp3) is 0.652. The van der Waals surface area contributed by atoms with Gasteiger partial charge in [0, 0.05) is 0 Å². The van der Waals surface area contributed by atoms with Crippen LogP contribution < -0.4 is 10.6 Å². The van der Waals surface area contributed by atoms with Gasteiger partial charge in [-0.2, -0.15) is 0 Å². The molecule has 8 heteroatoms. The molecule has 0 saturated carbocycles. The van der Waals surface area contributed by atoms with Gasteiger partial charge in [0.2, 0.25) is 5.91 Å². The first-order valence-corrected chi connectivity index (χ1v) is 10.8. The third-order valence-electron chi connectivity index (χ3n) is 5.26. The van der Waals surface area contributed by atoms with Gasteiger partial charge in [0.25, 0.3) is 0 Å². The molecule has 2 aliphatic heterocycles. The molecule has 0 aliphatic carbocycles. The topological polar surface area (TPSA) is 95.1 Å². The lowest BCUT2D eigenvalue weighted by atomic mass is 10.0. The number of hydrogen-bond donors (Lipinski definition) is 2. The molecule has 2 N–H and O–H groups in total. The summed E-state index contributed by atoms with van der Waals surface area (Å²) < 4.78 is 23.1. The highest BCUT2D eigenvalue weighted by atomic mass is 16.6. The summed E-state index contributed by atoms with van der Waals surface area (Å²) in [6.45, 7) is 10.3. The molecule has 31 heavy (non-hydrogen) atoms. The molecule has 2 heterocycles. The lowest BCUT2D eigenvalue weighted by Gasteiger charge is -2.27. The van der Waals surface area contributed by atoms with E-state index >= 15 is 0 Å². The van der Waals surface area contributed by atoms with Crippen molar-refractivity contribution in [3.8, 4) is 0 Å². The van der Waals surface area contributed by atoms with Gasteiger partial charge < -0.3 is 29.6 Å². The number of alkyl carbamates (subject to hydrolysis) is 1. The van der Waals surface area contributed by atoms with Crippen molar-refractivity contribution in [2.45, 2.75) is 77.2 Å². The van der Waals surface area contributed by atoms with Gasteiger partial charge >= 0.3 is 6.09 Å². The minimum absolute atomic E-state index is 0.114. The summed E-state index contributed by atoms with van der Waals surface area (Å²) >= 11 is 0. The van der Waals surface area contributed by atoms with E-state index in [1.54, 1.807) is 20.8 Å². The molecule has 2 fully saturated rings. The average Bonchev–Trinajstić information content (AvgIpc) is 3.26. The van der Waals surface area contributed by atoms with Crippen molar-refractivity contribution < 1.29 is 28.5 Å². The average molecular weight is 435 g/mol. The summed E-state index contributed by atoms with van der Waals surface area (Å²) in [6, 6.07) is 8.91. The smallest absolute Gasteiger partial charge is 0.408 e. The standard InChI is InChI=1S/C23H34N2O6/c1-14(2)18(25-22(27)31-23(3,4)5)21(26)24-16-12-29-20-17(13-30-19(16)20)28-11-15-9-7-6-8-10-15/h6-10,14,16-20H,11-13H2,1-5H3,(H,24,26)(H,25,27)/t16-,17+,18+,19+,20+/m0/s1. The molecule has 0 bridgehead atoms. The minimum atomic E-state index is -0.722. The zero-order valence-corrected chi connectivity index (χ0v) is 18.9. The van der Waals surface area contributed by atoms with Gasteiger partial charge in [-0.1, -0.05) is 44.2 Å². The van der Waals surface area contributed by atoms with Crippen molar-refractivity contribution in [1.82, 2.24) is 10.6 Å². The first-order valence-electron chi connectivity index (χ1n) is 10.8. The van der Waals surface area contributed by atoms with E-state index in [1.165, 1.54) is 0 Å². The number of ether oxygens (including phenoxy) is 4. The minimum Gasteiger partial charge on any atom is -0.444 e. The van der Waals surface area contributed by atoms with E-state index in [0.717, 1.165) is 5.56 Å². The number of hydrogen-bond acceptors (Lipinski definition) is 6. The Morgan fingerprint density at radius 2 is 1.77 bits per heavy atom. The largest absolute Gasteiger partial charge is 0.444 e. The molecule has 0 unspecified atom stereocenters. The van der Waals surface area contributed by atoms with Crippen LogP contribution in [-0.2, 0) is 30.3 Å². The van der Waals surface area contributed by atoms with Gasteiger partial charge in [-0.25, -0.2) is 4.79 Å². The molecule has 1 aromatic rings. The first-order chi connectivity index (χ1) is 14.6. The number of nitrogens with one attached hydrogen (secondary N) is 2. The highest BCUT2D eigenvalue weighted by molar-refractivity contribution is 5.86. The third-order valence-corrected chi connectivity index (χ3v) is 5.26. The Kier molecular flexibility index (Phi) is 7.56. The van der Waals surface area contributed by atoms with Crippen molar-refractivity contribution in [3.63, 3.8) is 0 Å². The quantitative estimate of drug-likeness (QED) is 0.684. The zero-order chi connectivity index (χ0) is 22.6. The number of carbonyl (C=O) groups excluding carboxylic acids is 2. The number of carbonyl (C=O) groups is 2. The van der Waals surface area contributed by atoms with Crippen LogP contribution in [-0.4, -0.2) is 61.2 Å². The highest BCUT2D eigenvalue weighted by Crippen LogP contribution is 2.29. The van der Waals surface area contributed by atoms with Crippen LogP contribution in [0.15, 0.2) is 30.3 Å². The molecular formula is C23H34N2O6. The van der Waals surface area contributed by atoms with Gasteiger partial charge in [0.15, 0.2) is 0 Å². The maximum absolute atomic E-state index is 12.9. The summed E-state index contributed by atoms with van der Waals surface area (Å²) in [5.74, 6) is -0.399. The number of amides is 2. The first kappa shape index (κ1) is 23.5. The van der Waals surface area contributed by atoms with Crippen molar-refractivity contribution in [2.24, 2.45) is 5.92 Å². The van der Waals surface area contributed by atoms with E-state index in [-0.39, 0.29) is 36.2 Å². The van der Waals surface area contributed by atoms with Gasteiger partial charge in [-0.05, 0) is 32.3 Å². The van der Waals surface area contributed by atoms with Gasteiger partial charge in [-0.3, -0.25) is 4.79 Å². The van der Waals surface area contributed by atoms with Crippen LogP contribution in [0.25, 0.3) is 0 Å². The molecule has 1 aromatic carbocycles. The molecule has 3 rings (SSSR count). The van der Waals surface area contributed by atoms with E-state index in [1.807, 2.05) is 44.2 Å². The van der Waals surface area contributed by atoms with Crippen molar-refractivity contribution >= 4 is 12.0 Å². The van der Waals surface area contributed by atoms with Crippen LogP contribution in [0.4, 0.5) is 4.79 Å². The predicted octanol–water partition coefficient (Wildman–Crippen LogP) is 2.40. The maximum atomic E-state index is 12.9. The molecule has 0 spiro atoms. The van der Waals surface area contributed by atoms with Crippen LogP contribution in [0.3, 0.4) is 0 Å². The Labute approximate surface area is 184 Å². The van der Waals surface area contributed by atoms with Crippen LogP contribution in [0.2, 0.25) is 0 Å². The Hall–Kier alpha value is -2.16. The second kappa shape index (κ2) is 9.97. The Balaban J connectivity index is 1.52. The van der Waals surface area contributed by atoms with Crippen molar-refractivity contribution in [1.29, 1.82) is 0 Å². The monoisotopic (exact) mass is 434 g/mol. The molecule has 2 aliphatic rings. The predicted molar refractivity (Wildman–Crippen MR) is 114 cm³/mol. The van der Waals surface area contributed by atoms with Gasteiger partial charge in [0.1, 0.15) is 30.0 Å². The summed E-state index contributed by atoms with van der Waals surface area (Å²) in [4.78, 5) is 25.0. The van der Waals surface area contributed by atoms with E-state index in [0.29, 0.717) is 19.8 Å². The second-order valence-corrected chi connectivity index (χ2v) is 9.41. The molecule has 2 amide bonds. The van der Waals surface area contributed by atoms with Crippen LogP contribution >= 0.6 is 0 Å². The SMILES string of the molecule is CC(C)[C@@H](NC(=O)OC(C)(C)C)C(=O)N[C@H]1CO[C@H]2[C@@H]1OC[C@H]2OCc1ccccc1. The fourth-order valence-corrected chi connectivity index (χ4v) is 3.75. The van der Waals surface area contributed by atoms with Crippen molar-refractivity contribution in [3.05, 3.63) is 35.9 Å². The van der Waals surface area contributed by atoms with E-state index in [9.17, 15) is 9.59 Å². The number of fused-ring (bicyclic) bond motifs is 1. The lowest BCUT2D eigenvalue weighted by Crippen LogP contribution is -2.55. The fourth-order valence-electron chi connectivity index (χ4n) is 3.75. The molecule has 0 aromatic heterocycles.